The quantitative estimate of drug-likeness (QED) is 0.101. The normalized spacial score (nSPS) is 10.9. The van der Waals surface area contributed by atoms with Crippen molar-refractivity contribution in [3.05, 3.63) is 77.9 Å². The van der Waals surface area contributed by atoms with Crippen molar-refractivity contribution in [2.24, 2.45) is 5.10 Å². The highest BCUT2D eigenvalue weighted by atomic mass is 32.2. The van der Waals surface area contributed by atoms with Gasteiger partial charge in [-0.15, -0.1) is 11.3 Å². The number of hydrazone groups is 1. The number of hydrogen-bond acceptors (Lipinski definition) is 9. The highest BCUT2D eigenvalue weighted by Gasteiger charge is 2.14. The first-order valence-corrected chi connectivity index (χ1v) is 12.8. The summed E-state index contributed by atoms with van der Waals surface area (Å²) in [6.07, 6.45) is 1.50. The van der Waals surface area contributed by atoms with Crippen LogP contribution in [-0.2, 0) is 4.79 Å². The third-order valence-corrected chi connectivity index (χ3v) is 6.96. The molecule has 0 atom stereocenters. The lowest BCUT2D eigenvalue weighted by Crippen LogP contribution is -2.19. The van der Waals surface area contributed by atoms with Crippen molar-refractivity contribution < 1.29 is 23.8 Å². The average Bonchev–Trinajstić information content (AvgIpc) is 3.32. The molecule has 3 aromatic carbocycles. The molecule has 0 aliphatic carbocycles. The fraction of sp³-hybridized carbons (Fsp3) is 0.154. The Hall–Kier alpha value is -3.89. The molecule has 8 nitrogen and oxygen atoms in total. The van der Waals surface area contributed by atoms with Crippen molar-refractivity contribution >= 4 is 51.4 Å². The van der Waals surface area contributed by atoms with Crippen LogP contribution in [0.25, 0.3) is 10.2 Å². The molecule has 1 N–H and O–H groups in total. The summed E-state index contributed by atoms with van der Waals surface area (Å²) in [5.41, 5.74) is 4.46. The van der Waals surface area contributed by atoms with Crippen LogP contribution in [0.1, 0.15) is 22.8 Å². The average molecular weight is 522 g/mol. The SMILES string of the molecule is CCOc1cc(/C=N/NC(=O)CSc2nc3ccccc3s2)ccc1OC(=O)c1cccc(OC)c1. The smallest absolute Gasteiger partial charge is 0.343 e. The molecular formula is C26H23N3O5S2. The number of ether oxygens (including phenoxy) is 3. The van der Waals surface area contributed by atoms with E-state index in [0.29, 0.717) is 29.2 Å². The first kappa shape index (κ1) is 25.2. The standard InChI is InChI=1S/C26H23N3O5S2/c1-3-33-22-13-17(11-12-21(22)34-25(31)18-7-6-8-19(14-18)32-2)15-27-29-24(30)16-35-26-28-20-9-4-5-10-23(20)36-26/h4-15H,3,16H2,1-2H3,(H,29,30)/b27-15+. The fourth-order valence-corrected chi connectivity index (χ4v) is 4.98. The van der Waals surface area contributed by atoms with Crippen molar-refractivity contribution in [1.29, 1.82) is 0 Å². The van der Waals surface area contributed by atoms with Crippen molar-refractivity contribution in [2.75, 3.05) is 19.5 Å². The number of thioether (sulfide) groups is 1. The molecule has 1 amide bonds. The Morgan fingerprint density at radius 1 is 1.08 bits per heavy atom. The zero-order valence-electron chi connectivity index (χ0n) is 19.6. The van der Waals surface area contributed by atoms with Crippen LogP contribution in [0, 0.1) is 0 Å². The third kappa shape index (κ3) is 6.61. The first-order valence-electron chi connectivity index (χ1n) is 11.0. The van der Waals surface area contributed by atoms with Crippen LogP contribution >= 0.6 is 23.1 Å². The molecule has 10 heteroatoms. The molecule has 0 radical (unpaired) electrons. The van der Waals surface area contributed by atoms with Gasteiger partial charge in [-0.05, 0) is 61.0 Å². The Morgan fingerprint density at radius 3 is 2.75 bits per heavy atom. The van der Waals surface area contributed by atoms with Crippen molar-refractivity contribution in [2.45, 2.75) is 11.3 Å². The van der Waals surface area contributed by atoms with Gasteiger partial charge in [-0.3, -0.25) is 4.79 Å². The van der Waals surface area contributed by atoms with Gasteiger partial charge in [0.1, 0.15) is 5.75 Å². The van der Waals surface area contributed by atoms with Gasteiger partial charge >= 0.3 is 5.97 Å². The summed E-state index contributed by atoms with van der Waals surface area (Å²) < 4.78 is 18.2. The Morgan fingerprint density at radius 2 is 1.94 bits per heavy atom. The van der Waals surface area contributed by atoms with Gasteiger partial charge in [0.25, 0.3) is 5.91 Å². The lowest BCUT2D eigenvalue weighted by atomic mass is 10.2. The number of carbonyl (C=O) groups excluding carboxylic acids is 2. The van der Waals surface area contributed by atoms with Gasteiger partial charge in [-0.25, -0.2) is 15.2 Å². The molecule has 0 bridgehead atoms. The summed E-state index contributed by atoms with van der Waals surface area (Å²) in [6.45, 7) is 2.21. The molecule has 0 unspecified atom stereocenters. The highest BCUT2D eigenvalue weighted by molar-refractivity contribution is 8.01. The molecule has 0 fully saturated rings. The molecular weight excluding hydrogens is 498 g/mol. The molecule has 4 aromatic rings. The van der Waals surface area contributed by atoms with E-state index in [1.54, 1.807) is 53.8 Å². The van der Waals surface area contributed by atoms with E-state index in [1.807, 2.05) is 31.2 Å². The largest absolute Gasteiger partial charge is 0.497 e. The maximum atomic E-state index is 12.6. The van der Waals surface area contributed by atoms with Crippen molar-refractivity contribution in [1.82, 2.24) is 10.4 Å². The van der Waals surface area contributed by atoms with E-state index in [1.165, 1.54) is 25.1 Å². The Bertz CT molecular complexity index is 1370. The van der Waals surface area contributed by atoms with E-state index in [-0.39, 0.29) is 17.4 Å². The van der Waals surface area contributed by atoms with Gasteiger partial charge in [-0.1, -0.05) is 30.0 Å². The number of benzene rings is 3. The lowest BCUT2D eigenvalue weighted by molar-refractivity contribution is -0.118. The number of nitrogens with one attached hydrogen (secondary N) is 1. The number of methoxy groups -OCH3 is 1. The van der Waals surface area contributed by atoms with E-state index in [9.17, 15) is 9.59 Å². The molecule has 0 saturated carbocycles. The fourth-order valence-electron chi connectivity index (χ4n) is 3.12. The van der Waals surface area contributed by atoms with Gasteiger partial charge in [0, 0.05) is 0 Å². The second kappa shape index (κ2) is 12.2. The topological polar surface area (TPSA) is 99.1 Å². The molecule has 1 heterocycles. The predicted molar refractivity (Wildman–Crippen MR) is 142 cm³/mol. The Kier molecular flexibility index (Phi) is 8.53. The second-order valence-electron chi connectivity index (χ2n) is 7.29. The first-order chi connectivity index (χ1) is 17.6. The number of esters is 1. The van der Waals surface area contributed by atoms with Gasteiger partial charge in [0.05, 0.1) is 41.5 Å². The summed E-state index contributed by atoms with van der Waals surface area (Å²) in [7, 11) is 1.53. The maximum absolute atomic E-state index is 12.6. The minimum Gasteiger partial charge on any atom is -0.497 e. The third-order valence-electron chi connectivity index (χ3n) is 4.78. The Balaban J connectivity index is 1.35. The van der Waals surface area contributed by atoms with E-state index in [0.717, 1.165) is 14.6 Å². The van der Waals surface area contributed by atoms with E-state index in [2.05, 4.69) is 15.5 Å². The number of fused-ring (bicyclic) bond motifs is 1. The summed E-state index contributed by atoms with van der Waals surface area (Å²) in [6, 6.07) is 19.6. The molecule has 0 spiro atoms. The number of hydrogen-bond donors (Lipinski definition) is 1. The van der Waals surface area contributed by atoms with Crippen LogP contribution in [-0.4, -0.2) is 42.5 Å². The molecule has 0 aliphatic rings. The summed E-state index contributed by atoms with van der Waals surface area (Å²) in [5, 5.41) is 4.02. The van der Waals surface area contributed by atoms with Crippen LogP contribution in [0.3, 0.4) is 0 Å². The Labute approximate surface area is 216 Å². The molecule has 1 aromatic heterocycles. The molecule has 36 heavy (non-hydrogen) atoms. The number of amides is 1. The van der Waals surface area contributed by atoms with Crippen LogP contribution in [0.15, 0.2) is 76.2 Å². The van der Waals surface area contributed by atoms with Gasteiger partial charge in [0.2, 0.25) is 0 Å². The van der Waals surface area contributed by atoms with Crippen LogP contribution in [0.2, 0.25) is 0 Å². The minimum absolute atomic E-state index is 0.195. The van der Waals surface area contributed by atoms with Gasteiger partial charge in [0.15, 0.2) is 15.8 Å². The van der Waals surface area contributed by atoms with E-state index < -0.39 is 5.97 Å². The number of carbonyl (C=O) groups is 2. The van der Waals surface area contributed by atoms with Crippen molar-refractivity contribution in [3.8, 4) is 17.2 Å². The minimum atomic E-state index is -0.533. The summed E-state index contributed by atoms with van der Waals surface area (Å²) >= 11 is 2.91. The number of thiazole rings is 1. The molecule has 4 rings (SSSR count). The maximum Gasteiger partial charge on any atom is 0.343 e. The van der Waals surface area contributed by atoms with Crippen LogP contribution in [0.4, 0.5) is 0 Å². The monoisotopic (exact) mass is 521 g/mol. The number of rotatable bonds is 10. The van der Waals surface area contributed by atoms with Crippen LogP contribution < -0.4 is 19.6 Å². The zero-order chi connectivity index (χ0) is 25.3. The number of para-hydroxylation sites is 1. The number of aromatic nitrogens is 1. The summed E-state index contributed by atoms with van der Waals surface area (Å²) in [5.74, 6) is 0.633. The number of nitrogens with zero attached hydrogens (tertiary/aromatic N) is 2. The molecule has 184 valence electrons. The summed E-state index contributed by atoms with van der Waals surface area (Å²) in [4.78, 5) is 29.3. The lowest BCUT2D eigenvalue weighted by Gasteiger charge is -2.11. The van der Waals surface area contributed by atoms with Gasteiger partial charge in [-0.2, -0.15) is 5.10 Å². The zero-order valence-corrected chi connectivity index (χ0v) is 21.2. The highest BCUT2D eigenvalue weighted by Crippen LogP contribution is 2.30. The van der Waals surface area contributed by atoms with E-state index >= 15 is 0 Å². The second-order valence-corrected chi connectivity index (χ2v) is 9.54. The van der Waals surface area contributed by atoms with Crippen LogP contribution in [0.5, 0.6) is 17.2 Å². The van der Waals surface area contributed by atoms with Gasteiger partial charge < -0.3 is 14.2 Å². The van der Waals surface area contributed by atoms with E-state index in [4.69, 9.17) is 14.2 Å². The molecule has 0 saturated heterocycles. The predicted octanol–water partition coefficient (Wildman–Crippen LogP) is 5.17. The van der Waals surface area contributed by atoms with Crippen molar-refractivity contribution in [3.63, 3.8) is 0 Å². The molecule has 0 aliphatic heterocycles.